The Bertz CT molecular complexity index is 417. The van der Waals surface area contributed by atoms with E-state index >= 15 is 0 Å². The fourth-order valence-electron chi connectivity index (χ4n) is 1.90. The molecule has 1 aliphatic heterocycles. The van der Waals surface area contributed by atoms with E-state index < -0.39 is 0 Å². The number of aromatic hydroxyl groups is 1. The molecule has 1 saturated heterocycles. The number of ether oxygens (including phenoxy) is 1. The Morgan fingerprint density at radius 2 is 2.06 bits per heavy atom. The standard InChI is InChI=1S/C11H17N3O3/c1-8-11(15)9(2)14(16)10(12-8)7-13-3-5-17-6-4-13/h15H,3-7H2,1-2H3. The van der Waals surface area contributed by atoms with Crippen LogP contribution in [0.4, 0.5) is 0 Å². The lowest BCUT2D eigenvalue weighted by molar-refractivity contribution is -0.626. The van der Waals surface area contributed by atoms with E-state index in [1.54, 1.807) is 13.8 Å². The molecule has 6 nitrogen and oxygen atoms in total. The fourth-order valence-corrected chi connectivity index (χ4v) is 1.90. The minimum Gasteiger partial charge on any atom is -0.710 e. The van der Waals surface area contributed by atoms with Crippen molar-refractivity contribution >= 4 is 0 Å². The second-order valence-electron chi connectivity index (χ2n) is 4.23. The van der Waals surface area contributed by atoms with Crippen molar-refractivity contribution in [1.82, 2.24) is 9.88 Å². The number of hydrogen-bond acceptors (Lipinski definition) is 5. The van der Waals surface area contributed by atoms with Crippen molar-refractivity contribution < 1.29 is 14.6 Å². The minimum absolute atomic E-state index is 0.0225. The molecular formula is C11H17N3O3. The zero-order chi connectivity index (χ0) is 12.4. The van der Waals surface area contributed by atoms with Crippen LogP contribution in [0, 0.1) is 19.1 Å². The third kappa shape index (κ3) is 2.48. The lowest BCUT2D eigenvalue weighted by atomic mass is 10.3. The Balaban J connectivity index is 2.20. The van der Waals surface area contributed by atoms with Crippen LogP contribution in [0.3, 0.4) is 0 Å². The van der Waals surface area contributed by atoms with Crippen LogP contribution < -0.4 is 4.73 Å². The zero-order valence-corrected chi connectivity index (χ0v) is 10.1. The van der Waals surface area contributed by atoms with Crippen molar-refractivity contribution in [3.63, 3.8) is 0 Å². The molecule has 0 radical (unpaired) electrons. The molecule has 0 saturated carbocycles. The zero-order valence-electron chi connectivity index (χ0n) is 10.1. The summed E-state index contributed by atoms with van der Waals surface area (Å²) in [6.45, 7) is 6.78. The Kier molecular flexibility index (Phi) is 3.44. The molecule has 0 aromatic carbocycles. The molecule has 1 aliphatic rings. The van der Waals surface area contributed by atoms with E-state index in [1.807, 2.05) is 0 Å². The number of nitrogens with zero attached hydrogens (tertiary/aromatic N) is 3. The van der Waals surface area contributed by atoms with Gasteiger partial charge >= 0.3 is 5.82 Å². The molecule has 94 valence electrons. The molecule has 2 heterocycles. The number of hydrogen-bond donors (Lipinski definition) is 1. The molecule has 1 fully saturated rings. The van der Waals surface area contributed by atoms with Gasteiger partial charge in [-0.15, -0.1) is 0 Å². The topological polar surface area (TPSA) is 72.5 Å². The van der Waals surface area contributed by atoms with E-state index in [9.17, 15) is 10.3 Å². The van der Waals surface area contributed by atoms with Gasteiger partial charge in [-0.25, -0.2) is 4.73 Å². The van der Waals surface area contributed by atoms with Crippen LogP contribution in [0.25, 0.3) is 0 Å². The lowest BCUT2D eigenvalue weighted by Gasteiger charge is -2.25. The lowest BCUT2D eigenvalue weighted by Crippen LogP contribution is -2.43. The molecule has 17 heavy (non-hydrogen) atoms. The van der Waals surface area contributed by atoms with E-state index in [0.29, 0.717) is 41.7 Å². The van der Waals surface area contributed by atoms with Gasteiger partial charge in [0.25, 0.3) is 0 Å². The van der Waals surface area contributed by atoms with E-state index in [2.05, 4.69) is 9.88 Å². The highest BCUT2D eigenvalue weighted by Gasteiger charge is 2.21. The van der Waals surface area contributed by atoms with Crippen molar-refractivity contribution in [3.05, 3.63) is 22.4 Å². The summed E-state index contributed by atoms with van der Waals surface area (Å²) >= 11 is 0. The molecule has 2 rings (SSSR count). The third-order valence-electron chi connectivity index (χ3n) is 2.99. The van der Waals surface area contributed by atoms with Crippen LogP contribution >= 0.6 is 0 Å². The highest BCUT2D eigenvalue weighted by atomic mass is 16.5. The van der Waals surface area contributed by atoms with Gasteiger partial charge in [-0.2, -0.15) is 0 Å². The van der Waals surface area contributed by atoms with Gasteiger partial charge in [-0.1, -0.05) is 0 Å². The van der Waals surface area contributed by atoms with Gasteiger partial charge in [0.05, 0.1) is 13.2 Å². The maximum Gasteiger partial charge on any atom is 0.316 e. The van der Waals surface area contributed by atoms with Crippen LogP contribution in [0.2, 0.25) is 0 Å². The summed E-state index contributed by atoms with van der Waals surface area (Å²) in [7, 11) is 0. The van der Waals surface area contributed by atoms with Gasteiger partial charge in [-0.05, 0) is 4.98 Å². The number of aromatic nitrogens is 2. The van der Waals surface area contributed by atoms with E-state index in [4.69, 9.17) is 4.74 Å². The second kappa shape index (κ2) is 4.85. The minimum atomic E-state index is -0.0225. The smallest absolute Gasteiger partial charge is 0.316 e. The van der Waals surface area contributed by atoms with E-state index in [0.717, 1.165) is 13.1 Å². The van der Waals surface area contributed by atoms with E-state index in [1.165, 1.54) is 0 Å². The highest BCUT2D eigenvalue weighted by molar-refractivity contribution is 5.26. The largest absolute Gasteiger partial charge is 0.710 e. The summed E-state index contributed by atoms with van der Waals surface area (Å²) in [5, 5.41) is 21.5. The summed E-state index contributed by atoms with van der Waals surface area (Å²) < 4.78 is 5.95. The van der Waals surface area contributed by atoms with Gasteiger partial charge in [0.2, 0.25) is 5.75 Å². The summed E-state index contributed by atoms with van der Waals surface area (Å²) in [6.07, 6.45) is 0. The first-order chi connectivity index (χ1) is 8.09. The quantitative estimate of drug-likeness (QED) is 0.575. The predicted octanol–water partition coefficient (Wildman–Crippen LogP) is -0.130. The van der Waals surface area contributed by atoms with Gasteiger partial charge in [-0.3, -0.25) is 4.90 Å². The number of aryl methyl sites for hydroxylation is 1. The van der Waals surface area contributed by atoms with Crippen molar-refractivity contribution in [2.45, 2.75) is 20.4 Å². The van der Waals surface area contributed by atoms with Gasteiger partial charge in [0, 0.05) is 26.9 Å². The molecule has 0 unspecified atom stereocenters. The average molecular weight is 239 g/mol. The summed E-state index contributed by atoms with van der Waals surface area (Å²) in [5.74, 6) is 0.408. The first-order valence-electron chi connectivity index (χ1n) is 5.68. The normalized spacial score (nSPS) is 17.3. The van der Waals surface area contributed by atoms with Crippen LogP contribution in [-0.2, 0) is 11.3 Å². The van der Waals surface area contributed by atoms with Crippen molar-refractivity contribution in [2.75, 3.05) is 26.3 Å². The Morgan fingerprint density at radius 3 is 2.71 bits per heavy atom. The maximum atomic E-state index is 11.9. The van der Waals surface area contributed by atoms with Crippen LogP contribution in [0.15, 0.2) is 0 Å². The first-order valence-corrected chi connectivity index (χ1v) is 5.68. The summed E-state index contributed by atoms with van der Waals surface area (Å²) in [5.41, 5.74) is 0.804. The monoisotopic (exact) mass is 239 g/mol. The molecule has 6 heteroatoms. The number of rotatable bonds is 2. The van der Waals surface area contributed by atoms with Gasteiger partial charge < -0.3 is 15.1 Å². The van der Waals surface area contributed by atoms with Crippen molar-refractivity contribution in [2.24, 2.45) is 0 Å². The average Bonchev–Trinajstić information content (AvgIpc) is 2.35. The van der Waals surface area contributed by atoms with Crippen LogP contribution in [0.1, 0.15) is 17.2 Å². The third-order valence-corrected chi connectivity index (χ3v) is 2.99. The first kappa shape index (κ1) is 12.1. The molecule has 0 bridgehead atoms. The van der Waals surface area contributed by atoms with Gasteiger partial charge in [0.15, 0.2) is 5.69 Å². The SMILES string of the molecule is Cc1nc(CN2CCOCC2)[n+]([O-])c(C)c1O. The molecule has 1 N–H and O–H groups in total. The summed E-state index contributed by atoms with van der Waals surface area (Å²) in [4.78, 5) is 6.27. The Hall–Kier alpha value is -1.40. The maximum absolute atomic E-state index is 11.9. The summed E-state index contributed by atoms with van der Waals surface area (Å²) in [6, 6.07) is 0. The van der Waals surface area contributed by atoms with Crippen molar-refractivity contribution in [1.29, 1.82) is 0 Å². The van der Waals surface area contributed by atoms with Crippen LogP contribution in [0.5, 0.6) is 5.75 Å². The molecular weight excluding hydrogens is 222 g/mol. The highest BCUT2D eigenvalue weighted by Crippen LogP contribution is 2.16. The fraction of sp³-hybridized carbons (Fsp3) is 0.636. The predicted molar refractivity (Wildman–Crippen MR) is 60.4 cm³/mol. The molecule has 0 atom stereocenters. The Labute approximate surface area is 100 Å². The molecule has 0 aliphatic carbocycles. The second-order valence-corrected chi connectivity index (χ2v) is 4.23. The Morgan fingerprint density at radius 1 is 1.41 bits per heavy atom. The van der Waals surface area contributed by atoms with E-state index in [-0.39, 0.29) is 5.75 Å². The molecule has 1 aromatic heterocycles. The molecule has 0 spiro atoms. The molecule has 1 aromatic rings. The van der Waals surface area contributed by atoms with Crippen LogP contribution in [-0.4, -0.2) is 41.3 Å². The van der Waals surface area contributed by atoms with Crippen molar-refractivity contribution in [3.8, 4) is 5.75 Å². The number of morpholine rings is 1. The van der Waals surface area contributed by atoms with Gasteiger partial charge in [0.1, 0.15) is 12.2 Å². The molecule has 0 amide bonds.